The second-order valence-corrected chi connectivity index (χ2v) is 3.04. The molecule has 0 aliphatic heterocycles. The predicted octanol–water partition coefficient (Wildman–Crippen LogP) is -5.22. The fourth-order valence-corrected chi connectivity index (χ4v) is 0. The molecule has 0 bridgehead atoms. The summed E-state index contributed by atoms with van der Waals surface area (Å²) < 4.78 is 29.5. The van der Waals surface area contributed by atoms with E-state index in [1.165, 1.54) is 0 Å². The number of hydrogen-bond donors (Lipinski definition) is 4. The van der Waals surface area contributed by atoms with Crippen LogP contribution in [-0.2, 0) is 0 Å². The van der Waals surface area contributed by atoms with Crippen molar-refractivity contribution in [1.29, 1.82) is 0 Å². The van der Waals surface area contributed by atoms with Crippen molar-refractivity contribution in [3.8, 4) is 0 Å². The summed E-state index contributed by atoms with van der Waals surface area (Å²) in [6.45, 7) is 0. The van der Waals surface area contributed by atoms with Crippen molar-refractivity contribution in [2.75, 3.05) is 0 Å². The fourth-order valence-electron chi connectivity index (χ4n) is 0. The number of rotatable bonds is 0. The van der Waals surface area contributed by atoms with Gasteiger partial charge < -0.3 is 0 Å². The van der Waals surface area contributed by atoms with E-state index >= 15 is 0 Å². The van der Waals surface area contributed by atoms with E-state index in [4.69, 9.17) is 13.7 Å². The molecule has 0 aromatic rings. The Morgan fingerprint density at radius 3 is 0.800 bits per heavy atom. The molecule has 0 heterocycles. The van der Waals surface area contributed by atoms with Crippen LogP contribution in [-0.4, -0.2) is 13.7 Å². The molecule has 0 aliphatic carbocycles. The van der Waals surface area contributed by atoms with Crippen LogP contribution in [0.25, 0.3) is 0 Å². The van der Waals surface area contributed by atoms with Gasteiger partial charge >= 0.3 is 33.8 Å². The maximum absolute atomic E-state index is 7.37. The molecule has 0 aliphatic rings. The third-order valence-electron chi connectivity index (χ3n) is 0. The molecular weight excluding hydrogens is 191 g/mol. The molecule has 0 aromatic heterocycles. The second kappa shape index (κ2) is 1.35. The molecule has 0 spiro atoms. The summed E-state index contributed by atoms with van der Waals surface area (Å²) in [6, 6.07) is 0. The van der Waals surface area contributed by atoms with Crippen LogP contribution in [0, 0.1) is 0 Å². The molecule has 5 heavy (non-hydrogen) atoms. The van der Waals surface area contributed by atoms with Gasteiger partial charge in [0.1, 0.15) is 0 Å². The summed E-state index contributed by atoms with van der Waals surface area (Å²) in [5.74, 6) is 0. The second-order valence-electron chi connectivity index (χ2n) is 0.454. The molecule has 4 nitrogen and oxygen atoms in total. The molecule has 5 heteroatoms. The monoisotopic (exact) mass is 195 g/mol. The molecule has 0 saturated heterocycles. The van der Waals surface area contributed by atoms with Crippen LogP contribution < -0.4 is 20.1 Å². The summed E-state index contributed by atoms with van der Waals surface area (Å²) in [5.41, 5.74) is 0. The summed E-state index contributed by atoms with van der Waals surface area (Å²) in [5, 5.41) is 0. The number of halogens is 1. The third-order valence-corrected chi connectivity index (χ3v) is 0. The van der Waals surface area contributed by atoms with Crippen LogP contribution in [0.15, 0.2) is 0 Å². The van der Waals surface area contributed by atoms with Crippen molar-refractivity contribution >= 4 is 0 Å². The van der Waals surface area contributed by atoms with Gasteiger partial charge in [-0.3, -0.25) is 0 Å². The Hall–Kier alpha value is 0.570. The summed E-state index contributed by atoms with van der Waals surface area (Å²) in [7, 11) is 0. The minimum absolute atomic E-state index is 4.94. The number of hydrogen-bond acceptors (Lipinski definition) is 4. The van der Waals surface area contributed by atoms with Crippen LogP contribution in [0.4, 0.5) is 0 Å². The third kappa shape index (κ3) is 92.9. The van der Waals surface area contributed by atoms with Gasteiger partial charge in [-0.2, -0.15) is 0 Å². The van der Waals surface area contributed by atoms with E-state index in [0.29, 0.717) is 0 Å². The molecule has 0 rings (SSSR count). The van der Waals surface area contributed by atoms with Gasteiger partial charge in [-0.25, -0.2) is 0 Å². The zero-order valence-corrected chi connectivity index (χ0v) is 4.32. The predicted molar refractivity (Wildman–Crippen MR) is 8.88 cm³/mol. The molecule has 0 fully saturated rings. The summed E-state index contributed by atoms with van der Waals surface area (Å²) >= 11 is -4.94. The zero-order chi connectivity index (χ0) is 4.50. The van der Waals surface area contributed by atoms with Crippen LogP contribution >= 0.6 is 0 Å². The van der Waals surface area contributed by atoms with Gasteiger partial charge in [0.2, 0.25) is 0 Å². The molecule has 36 valence electrons. The topological polar surface area (TPSA) is 80.9 Å². The van der Waals surface area contributed by atoms with Crippen molar-refractivity contribution in [3.63, 3.8) is 0 Å². The van der Waals surface area contributed by atoms with Crippen molar-refractivity contribution < 1.29 is 33.8 Å². The van der Waals surface area contributed by atoms with E-state index in [1.54, 1.807) is 0 Å². The SMILES string of the molecule is O[I-](O)(O)O. The normalized spacial score (nSPS) is 15.2. The first-order chi connectivity index (χ1) is 2.00. The molecule has 0 unspecified atom stereocenters. The van der Waals surface area contributed by atoms with E-state index in [-0.39, 0.29) is 0 Å². The quantitative estimate of drug-likeness (QED) is 0.291. The van der Waals surface area contributed by atoms with E-state index in [2.05, 4.69) is 0 Å². The summed E-state index contributed by atoms with van der Waals surface area (Å²) in [6.07, 6.45) is 0. The Bertz CT molecular complexity index is 19.1. The van der Waals surface area contributed by atoms with Crippen LogP contribution in [0.1, 0.15) is 0 Å². The first kappa shape index (κ1) is 5.57. The molecular formula is H4IO4-. The van der Waals surface area contributed by atoms with Gasteiger partial charge in [-0.15, -0.1) is 0 Å². The van der Waals surface area contributed by atoms with Gasteiger partial charge in [-0.05, 0) is 0 Å². The molecule has 0 saturated carbocycles. The standard InChI is InChI=1S/H4IO4/c2-1(3,4)5/h2-5H/q-1. The van der Waals surface area contributed by atoms with Gasteiger partial charge in [0.25, 0.3) is 0 Å². The van der Waals surface area contributed by atoms with Crippen LogP contribution in [0.3, 0.4) is 0 Å². The van der Waals surface area contributed by atoms with Gasteiger partial charge in [0.05, 0.1) is 0 Å². The molecule has 0 amide bonds. The van der Waals surface area contributed by atoms with Gasteiger partial charge in [0.15, 0.2) is 0 Å². The van der Waals surface area contributed by atoms with E-state index < -0.39 is 20.1 Å². The molecule has 4 N–H and O–H groups in total. The molecule has 0 atom stereocenters. The maximum atomic E-state index is 7.37. The Balaban J connectivity index is 3.02. The van der Waals surface area contributed by atoms with E-state index in [9.17, 15) is 0 Å². The Kier molecular flexibility index (Phi) is 1.50. The van der Waals surface area contributed by atoms with Crippen LogP contribution in [0.5, 0.6) is 0 Å². The summed E-state index contributed by atoms with van der Waals surface area (Å²) in [4.78, 5) is 0. The van der Waals surface area contributed by atoms with Gasteiger partial charge in [-0.1, -0.05) is 0 Å². The molecule has 0 aromatic carbocycles. The average Bonchev–Trinajstić information content (AvgIpc) is 0.722. The van der Waals surface area contributed by atoms with Crippen LogP contribution in [0.2, 0.25) is 0 Å². The van der Waals surface area contributed by atoms with E-state index in [0.717, 1.165) is 0 Å². The Morgan fingerprint density at radius 2 is 0.800 bits per heavy atom. The first-order valence-electron chi connectivity index (χ1n) is 0.676. The minimum atomic E-state index is -4.94. The Labute approximate surface area is 34.4 Å². The van der Waals surface area contributed by atoms with Crippen molar-refractivity contribution in [1.82, 2.24) is 0 Å². The van der Waals surface area contributed by atoms with E-state index in [1.807, 2.05) is 0 Å². The van der Waals surface area contributed by atoms with Crippen molar-refractivity contribution in [2.45, 2.75) is 0 Å². The van der Waals surface area contributed by atoms with Gasteiger partial charge in [0, 0.05) is 0 Å². The van der Waals surface area contributed by atoms with Crippen molar-refractivity contribution in [2.24, 2.45) is 0 Å². The fraction of sp³-hybridized carbons (Fsp3) is 0. The van der Waals surface area contributed by atoms with Crippen molar-refractivity contribution in [3.05, 3.63) is 0 Å². The Morgan fingerprint density at radius 1 is 0.800 bits per heavy atom. The first-order valence-corrected chi connectivity index (χ1v) is 4.54. The zero-order valence-electron chi connectivity index (χ0n) is 2.17. The average molecular weight is 195 g/mol. The molecule has 0 radical (unpaired) electrons.